The molecule has 0 heterocycles. The Morgan fingerprint density at radius 1 is 0.929 bits per heavy atom. The summed E-state index contributed by atoms with van der Waals surface area (Å²) in [7, 11) is 0. The predicted molar refractivity (Wildman–Crippen MR) is 52.9 cm³/mol. The van der Waals surface area contributed by atoms with E-state index in [1.807, 2.05) is 6.08 Å². The van der Waals surface area contributed by atoms with E-state index in [4.69, 9.17) is 0 Å². The molecule has 0 saturated carbocycles. The van der Waals surface area contributed by atoms with Gasteiger partial charge in [0.25, 0.3) is 0 Å². The zero-order valence-corrected chi connectivity index (χ0v) is 8.37. The molecule has 82 valence electrons. The molecule has 0 bridgehead atoms. The van der Waals surface area contributed by atoms with Gasteiger partial charge in [-0.2, -0.15) is 8.78 Å². The van der Waals surface area contributed by atoms with Crippen LogP contribution in [0.25, 0.3) is 0 Å². The van der Waals surface area contributed by atoms with Crippen molar-refractivity contribution in [1.29, 1.82) is 0 Å². The van der Waals surface area contributed by atoms with E-state index < -0.39 is 11.9 Å². The molecule has 0 rings (SSSR count). The molecule has 0 spiro atoms. The van der Waals surface area contributed by atoms with E-state index in [9.17, 15) is 13.2 Å². The van der Waals surface area contributed by atoms with Crippen LogP contribution in [0.1, 0.15) is 44.9 Å². The molecular weight excluding hydrogens is 189 g/mol. The highest BCUT2D eigenvalue weighted by molar-refractivity contribution is 4.90. The molecule has 0 saturated heterocycles. The lowest BCUT2D eigenvalue weighted by atomic mass is 10.1. The van der Waals surface area contributed by atoms with Crippen LogP contribution in [0.2, 0.25) is 0 Å². The quantitative estimate of drug-likeness (QED) is 0.388. The second kappa shape index (κ2) is 8.85. The first kappa shape index (κ1) is 13.3. The van der Waals surface area contributed by atoms with E-state index in [1.165, 1.54) is 0 Å². The van der Waals surface area contributed by atoms with E-state index in [2.05, 4.69) is 6.58 Å². The summed E-state index contributed by atoms with van der Waals surface area (Å²) in [6.45, 7) is 3.60. The molecular formula is C11H17F3. The smallest absolute Gasteiger partial charge is 0.206 e. The summed E-state index contributed by atoms with van der Waals surface area (Å²) in [4.78, 5) is 0. The summed E-state index contributed by atoms with van der Waals surface area (Å²) >= 11 is 0. The molecule has 0 aromatic carbocycles. The van der Waals surface area contributed by atoms with Crippen molar-refractivity contribution in [3.8, 4) is 0 Å². The Morgan fingerprint density at radius 2 is 1.50 bits per heavy atom. The van der Waals surface area contributed by atoms with Crippen molar-refractivity contribution in [2.45, 2.75) is 44.9 Å². The molecule has 0 aromatic heterocycles. The summed E-state index contributed by atoms with van der Waals surface area (Å²) in [6, 6.07) is 0. The molecule has 0 N–H and O–H groups in total. The second-order valence-corrected chi connectivity index (χ2v) is 3.26. The molecule has 14 heavy (non-hydrogen) atoms. The predicted octanol–water partition coefficient (Wildman–Crippen LogP) is 4.98. The first-order valence-corrected chi connectivity index (χ1v) is 4.99. The van der Waals surface area contributed by atoms with Gasteiger partial charge in [0.15, 0.2) is 5.83 Å². The number of hydrogen-bond acceptors (Lipinski definition) is 0. The monoisotopic (exact) mass is 206 g/mol. The lowest BCUT2D eigenvalue weighted by Crippen LogP contribution is -1.81. The Kier molecular flexibility index (Phi) is 8.39. The minimum Gasteiger partial charge on any atom is -0.206 e. The molecule has 0 unspecified atom stereocenters. The van der Waals surface area contributed by atoms with Gasteiger partial charge in [-0.3, -0.25) is 0 Å². The van der Waals surface area contributed by atoms with Crippen molar-refractivity contribution >= 4 is 0 Å². The van der Waals surface area contributed by atoms with Crippen LogP contribution in [-0.4, -0.2) is 0 Å². The zero-order chi connectivity index (χ0) is 10.8. The van der Waals surface area contributed by atoms with Gasteiger partial charge in [-0.1, -0.05) is 25.3 Å². The Labute approximate surface area is 83.5 Å². The topological polar surface area (TPSA) is 0 Å². The summed E-state index contributed by atoms with van der Waals surface area (Å²) in [5.41, 5.74) is 0. The Morgan fingerprint density at radius 3 is 2.07 bits per heavy atom. The number of halogens is 3. The van der Waals surface area contributed by atoms with Crippen molar-refractivity contribution in [3.05, 3.63) is 24.6 Å². The summed E-state index contributed by atoms with van der Waals surface area (Å²) < 4.78 is 35.5. The van der Waals surface area contributed by atoms with Gasteiger partial charge in [-0.05, 0) is 19.3 Å². The van der Waals surface area contributed by atoms with Crippen LogP contribution in [0.4, 0.5) is 13.2 Å². The lowest BCUT2D eigenvalue weighted by Gasteiger charge is -1.98. The first-order valence-electron chi connectivity index (χ1n) is 4.99. The van der Waals surface area contributed by atoms with Crippen LogP contribution in [0.5, 0.6) is 0 Å². The van der Waals surface area contributed by atoms with Crippen molar-refractivity contribution in [3.63, 3.8) is 0 Å². The van der Waals surface area contributed by atoms with Gasteiger partial charge in [-0.15, -0.1) is 6.58 Å². The van der Waals surface area contributed by atoms with Crippen molar-refractivity contribution in [1.82, 2.24) is 0 Å². The second-order valence-electron chi connectivity index (χ2n) is 3.26. The van der Waals surface area contributed by atoms with E-state index in [0.29, 0.717) is 6.42 Å². The Bertz CT molecular complexity index is 181. The average molecular weight is 206 g/mol. The van der Waals surface area contributed by atoms with Gasteiger partial charge in [0.2, 0.25) is 0 Å². The third kappa shape index (κ3) is 7.90. The van der Waals surface area contributed by atoms with Crippen molar-refractivity contribution in [2.75, 3.05) is 0 Å². The minimum atomic E-state index is -2.17. The largest absolute Gasteiger partial charge is 0.301 e. The van der Waals surface area contributed by atoms with Crippen LogP contribution < -0.4 is 0 Å². The number of unbranched alkanes of at least 4 members (excludes halogenated alkanes) is 5. The SMILES string of the molecule is C=CCCCCCCCC(F)=C(F)F. The summed E-state index contributed by atoms with van der Waals surface area (Å²) in [6.07, 6.45) is 5.02. The third-order valence-corrected chi connectivity index (χ3v) is 2.01. The van der Waals surface area contributed by atoms with Gasteiger partial charge in [-0.25, -0.2) is 4.39 Å². The Balaban J connectivity index is 3.22. The molecule has 0 amide bonds. The Hall–Kier alpha value is -0.730. The van der Waals surface area contributed by atoms with Crippen LogP contribution in [0.3, 0.4) is 0 Å². The zero-order valence-electron chi connectivity index (χ0n) is 8.37. The van der Waals surface area contributed by atoms with E-state index in [1.54, 1.807) is 0 Å². The van der Waals surface area contributed by atoms with Gasteiger partial charge < -0.3 is 0 Å². The fraction of sp³-hybridized carbons (Fsp3) is 0.636. The summed E-state index contributed by atoms with van der Waals surface area (Å²) in [5.74, 6) is -1.25. The van der Waals surface area contributed by atoms with Gasteiger partial charge in [0.1, 0.15) is 0 Å². The fourth-order valence-corrected chi connectivity index (χ4v) is 1.19. The normalized spacial score (nSPS) is 9.93. The standard InChI is InChI=1S/C11H17F3/c1-2-3-4-5-6-7-8-9-10(12)11(13)14/h2H,1,3-9H2. The molecule has 0 fully saturated rings. The fourth-order valence-electron chi connectivity index (χ4n) is 1.19. The highest BCUT2D eigenvalue weighted by atomic mass is 19.3. The molecule has 0 aliphatic carbocycles. The molecule has 0 aliphatic heterocycles. The lowest BCUT2D eigenvalue weighted by molar-refractivity contribution is 0.367. The van der Waals surface area contributed by atoms with Gasteiger partial charge >= 0.3 is 6.08 Å². The van der Waals surface area contributed by atoms with Crippen LogP contribution in [0, 0.1) is 0 Å². The highest BCUT2D eigenvalue weighted by Gasteiger charge is 2.03. The molecule has 0 aliphatic rings. The molecule has 0 atom stereocenters. The highest BCUT2D eigenvalue weighted by Crippen LogP contribution is 2.17. The van der Waals surface area contributed by atoms with Crippen LogP contribution in [0.15, 0.2) is 24.6 Å². The maximum absolute atomic E-state index is 12.3. The van der Waals surface area contributed by atoms with E-state index in [0.717, 1.165) is 32.1 Å². The van der Waals surface area contributed by atoms with Crippen molar-refractivity contribution in [2.24, 2.45) is 0 Å². The van der Waals surface area contributed by atoms with E-state index in [-0.39, 0.29) is 6.42 Å². The first-order chi connectivity index (χ1) is 6.68. The van der Waals surface area contributed by atoms with Gasteiger partial charge in [0.05, 0.1) is 0 Å². The van der Waals surface area contributed by atoms with E-state index >= 15 is 0 Å². The molecule has 0 aromatic rings. The number of hydrogen-bond donors (Lipinski definition) is 0. The van der Waals surface area contributed by atoms with Crippen LogP contribution in [-0.2, 0) is 0 Å². The average Bonchev–Trinajstić information content (AvgIpc) is 2.16. The van der Waals surface area contributed by atoms with Crippen LogP contribution >= 0.6 is 0 Å². The van der Waals surface area contributed by atoms with Gasteiger partial charge in [0, 0.05) is 6.42 Å². The molecule has 0 radical (unpaired) electrons. The van der Waals surface area contributed by atoms with Crippen molar-refractivity contribution < 1.29 is 13.2 Å². The number of rotatable bonds is 8. The number of allylic oxidation sites excluding steroid dienone is 2. The molecule has 0 nitrogen and oxygen atoms in total. The summed E-state index contributed by atoms with van der Waals surface area (Å²) in [5, 5.41) is 0. The maximum Gasteiger partial charge on any atom is 0.301 e. The maximum atomic E-state index is 12.3. The minimum absolute atomic E-state index is 0.121. The third-order valence-electron chi connectivity index (χ3n) is 2.01. The molecule has 3 heteroatoms.